The lowest BCUT2D eigenvalue weighted by Gasteiger charge is -2.31. The molecule has 1 aliphatic heterocycles. The molecule has 1 amide bonds. The Kier molecular flexibility index (Phi) is 11.7. The highest BCUT2D eigenvalue weighted by atomic mass is 35.5. The fourth-order valence-corrected chi connectivity index (χ4v) is 2.60. The number of carbonyl (C=O) groups is 1. The van der Waals surface area contributed by atoms with Gasteiger partial charge in [-0.3, -0.25) is 4.79 Å². The van der Waals surface area contributed by atoms with E-state index in [0.29, 0.717) is 50.7 Å². The molecule has 0 saturated carbocycles. The highest BCUT2D eigenvalue weighted by Gasteiger charge is 2.35. The maximum absolute atomic E-state index is 12.4. The van der Waals surface area contributed by atoms with Gasteiger partial charge in [-0.15, -0.1) is 24.8 Å². The summed E-state index contributed by atoms with van der Waals surface area (Å²) >= 11 is 0. The van der Waals surface area contributed by atoms with Crippen LogP contribution in [-0.4, -0.2) is 63.9 Å². The first-order chi connectivity index (χ1) is 11.9. The first kappa shape index (κ1) is 25.8. The van der Waals surface area contributed by atoms with Crippen LogP contribution in [0.2, 0.25) is 0 Å². The van der Waals surface area contributed by atoms with Crippen LogP contribution in [0, 0.1) is 0 Å². The number of carbonyl (C=O) groups excluding carboxylic acids is 1. The SMILES string of the molecule is COc1cc(CNC(=O)C2(N)CCOCC2)ccc1OCCN(C)C.Cl.Cl. The zero-order valence-electron chi connectivity index (χ0n) is 16.2. The van der Waals surface area contributed by atoms with Crippen molar-refractivity contribution in [1.29, 1.82) is 0 Å². The van der Waals surface area contributed by atoms with Gasteiger partial charge in [0.25, 0.3) is 0 Å². The third-order valence-electron chi connectivity index (χ3n) is 4.31. The van der Waals surface area contributed by atoms with Gasteiger partial charge < -0.3 is 30.2 Å². The smallest absolute Gasteiger partial charge is 0.240 e. The second-order valence-corrected chi connectivity index (χ2v) is 6.59. The van der Waals surface area contributed by atoms with Gasteiger partial charge in [-0.2, -0.15) is 0 Å². The van der Waals surface area contributed by atoms with E-state index in [9.17, 15) is 4.79 Å². The normalized spacial score (nSPS) is 15.3. The Bertz CT molecular complexity index is 582. The van der Waals surface area contributed by atoms with Gasteiger partial charge in [-0.25, -0.2) is 0 Å². The van der Waals surface area contributed by atoms with E-state index in [1.54, 1.807) is 7.11 Å². The Balaban J connectivity index is 0.00000338. The van der Waals surface area contributed by atoms with Crippen molar-refractivity contribution in [3.8, 4) is 11.5 Å². The van der Waals surface area contributed by atoms with E-state index in [1.807, 2.05) is 32.3 Å². The van der Waals surface area contributed by atoms with E-state index in [-0.39, 0.29) is 30.7 Å². The lowest BCUT2D eigenvalue weighted by molar-refractivity contribution is -0.129. The molecule has 0 radical (unpaired) electrons. The standard InChI is InChI=1S/C18H29N3O4.2ClH/c1-21(2)8-11-25-15-5-4-14(12-16(15)23-3)13-20-17(22)18(19)6-9-24-10-7-18;;/h4-5,12H,6-11,13,19H2,1-3H3,(H,20,22);2*1H. The minimum absolute atomic E-state index is 0. The Labute approximate surface area is 173 Å². The van der Waals surface area contributed by atoms with Gasteiger partial charge in [-0.05, 0) is 44.6 Å². The first-order valence-electron chi connectivity index (χ1n) is 8.54. The molecule has 0 aromatic heterocycles. The summed E-state index contributed by atoms with van der Waals surface area (Å²) in [6.45, 7) is 2.85. The Hall–Kier alpha value is -1.25. The summed E-state index contributed by atoms with van der Waals surface area (Å²) in [6.07, 6.45) is 1.08. The summed E-state index contributed by atoms with van der Waals surface area (Å²) in [5, 5.41) is 2.92. The van der Waals surface area contributed by atoms with Gasteiger partial charge >= 0.3 is 0 Å². The summed E-state index contributed by atoms with van der Waals surface area (Å²) in [5.41, 5.74) is 6.28. The Morgan fingerprint density at radius 2 is 1.93 bits per heavy atom. The topological polar surface area (TPSA) is 86.0 Å². The number of likely N-dealkylation sites (N-methyl/N-ethyl adjacent to an activating group) is 1. The number of hydrogen-bond acceptors (Lipinski definition) is 6. The fraction of sp³-hybridized carbons (Fsp3) is 0.611. The minimum atomic E-state index is -0.836. The molecule has 7 nitrogen and oxygen atoms in total. The van der Waals surface area contributed by atoms with Crippen LogP contribution in [0.4, 0.5) is 0 Å². The molecule has 0 aliphatic carbocycles. The predicted molar refractivity (Wildman–Crippen MR) is 110 cm³/mol. The summed E-state index contributed by atoms with van der Waals surface area (Å²) in [5.74, 6) is 1.21. The van der Waals surface area contributed by atoms with E-state index in [0.717, 1.165) is 12.1 Å². The molecule has 2 rings (SSSR count). The number of nitrogens with zero attached hydrogens (tertiary/aromatic N) is 1. The third-order valence-corrected chi connectivity index (χ3v) is 4.31. The number of benzene rings is 1. The molecule has 1 aliphatic rings. The second kappa shape index (κ2) is 12.3. The molecule has 0 atom stereocenters. The summed E-state index contributed by atoms with van der Waals surface area (Å²) in [4.78, 5) is 14.4. The van der Waals surface area contributed by atoms with Crippen molar-refractivity contribution in [2.24, 2.45) is 5.73 Å². The number of ether oxygens (including phenoxy) is 3. The van der Waals surface area contributed by atoms with E-state index in [4.69, 9.17) is 19.9 Å². The largest absolute Gasteiger partial charge is 0.493 e. The number of hydrogen-bond donors (Lipinski definition) is 2. The first-order valence-corrected chi connectivity index (χ1v) is 8.54. The molecule has 9 heteroatoms. The van der Waals surface area contributed by atoms with Gasteiger partial charge in [0.05, 0.1) is 12.6 Å². The van der Waals surface area contributed by atoms with E-state index >= 15 is 0 Å². The molecular formula is C18H31Cl2N3O4. The predicted octanol–water partition coefficient (Wildman–Crippen LogP) is 1.60. The van der Waals surface area contributed by atoms with Crippen LogP contribution in [-0.2, 0) is 16.1 Å². The highest BCUT2D eigenvalue weighted by molar-refractivity contribution is 5.86. The van der Waals surface area contributed by atoms with Gasteiger partial charge in [0.15, 0.2) is 11.5 Å². The van der Waals surface area contributed by atoms with Crippen LogP contribution in [0.3, 0.4) is 0 Å². The summed E-state index contributed by atoms with van der Waals surface area (Å²) < 4.78 is 16.4. The maximum Gasteiger partial charge on any atom is 0.240 e. The van der Waals surface area contributed by atoms with Gasteiger partial charge in [0.1, 0.15) is 6.61 Å². The number of nitrogens with two attached hydrogens (primary N) is 1. The summed E-state index contributed by atoms with van der Waals surface area (Å²) in [7, 11) is 5.59. The quantitative estimate of drug-likeness (QED) is 0.660. The van der Waals surface area contributed by atoms with E-state index < -0.39 is 5.54 Å². The van der Waals surface area contributed by atoms with Crippen LogP contribution >= 0.6 is 24.8 Å². The van der Waals surface area contributed by atoms with Gasteiger partial charge in [0.2, 0.25) is 5.91 Å². The highest BCUT2D eigenvalue weighted by Crippen LogP contribution is 2.28. The number of methoxy groups -OCH3 is 1. The molecule has 1 aromatic carbocycles. The van der Waals surface area contributed by atoms with Gasteiger partial charge in [0, 0.05) is 26.3 Å². The third kappa shape index (κ3) is 7.71. The fourth-order valence-electron chi connectivity index (χ4n) is 2.60. The minimum Gasteiger partial charge on any atom is -0.493 e. The van der Waals surface area contributed by atoms with Crippen LogP contribution in [0.5, 0.6) is 11.5 Å². The number of nitrogens with one attached hydrogen (secondary N) is 1. The average molecular weight is 424 g/mol. The van der Waals surface area contributed by atoms with Crippen molar-refractivity contribution < 1.29 is 19.0 Å². The van der Waals surface area contributed by atoms with Gasteiger partial charge in [-0.1, -0.05) is 6.07 Å². The molecule has 0 bridgehead atoms. The van der Waals surface area contributed by atoms with Crippen LogP contribution in [0.1, 0.15) is 18.4 Å². The molecule has 1 heterocycles. The summed E-state index contributed by atoms with van der Waals surface area (Å²) in [6, 6.07) is 5.65. The zero-order chi connectivity index (χ0) is 18.3. The average Bonchev–Trinajstić information content (AvgIpc) is 2.60. The van der Waals surface area contributed by atoms with Crippen LogP contribution in [0.25, 0.3) is 0 Å². The van der Waals surface area contributed by atoms with E-state index in [1.165, 1.54) is 0 Å². The van der Waals surface area contributed by atoms with Crippen molar-refractivity contribution >= 4 is 30.7 Å². The maximum atomic E-state index is 12.4. The van der Waals surface area contributed by atoms with Crippen molar-refractivity contribution in [3.63, 3.8) is 0 Å². The molecule has 1 aromatic rings. The van der Waals surface area contributed by atoms with Crippen molar-refractivity contribution in [1.82, 2.24) is 10.2 Å². The monoisotopic (exact) mass is 423 g/mol. The van der Waals surface area contributed by atoms with Crippen LogP contribution in [0.15, 0.2) is 18.2 Å². The lowest BCUT2D eigenvalue weighted by Crippen LogP contribution is -2.56. The molecule has 27 heavy (non-hydrogen) atoms. The lowest BCUT2D eigenvalue weighted by atomic mass is 9.90. The zero-order valence-corrected chi connectivity index (χ0v) is 17.8. The van der Waals surface area contributed by atoms with E-state index in [2.05, 4.69) is 10.2 Å². The molecule has 0 spiro atoms. The molecular weight excluding hydrogens is 393 g/mol. The number of amides is 1. The molecule has 3 N–H and O–H groups in total. The molecule has 1 fully saturated rings. The number of rotatable bonds is 8. The molecule has 1 saturated heterocycles. The Morgan fingerprint density at radius 3 is 2.52 bits per heavy atom. The second-order valence-electron chi connectivity index (χ2n) is 6.59. The van der Waals surface area contributed by atoms with Crippen LogP contribution < -0.4 is 20.5 Å². The Morgan fingerprint density at radius 1 is 1.26 bits per heavy atom. The molecule has 0 unspecified atom stereocenters. The van der Waals surface area contributed by atoms with Crippen molar-refractivity contribution in [2.45, 2.75) is 24.9 Å². The number of halogens is 2. The molecule has 156 valence electrons. The van der Waals surface area contributed by atoms with Crippen molar-refractivity contribution in [3.05, 3.63) is 23.8 Å². The van der Waals surface area contributed by atoms with Crippen molar-refractivity contribution in [2.75, 3.05) is 47.6 Å².